The summed E-state index contributed by atoms with van der Waals surface area (Å²) in [4.78, 5) is 27.7. The highest BCUT2D eigenvalue weighted by Gasteiger charge is 2.17. The number of aromatic amines is 1. The average molecular weight is 529 g/mol. The van der Waals surface area contributed by atoms with Crippen LogP contribution in [0.4, 0.5) is 0 Å². The van der Waals surface area contributed by atoms with Gasteiger partial charge in [-0.05, 0) is 46.6 Å². The maximum Gasteiger partial charge on any atom is 0.349 e. The number of aromatic nitrogens is 2. The van der Waals surface area contributed by atoms with Crippen molar-refractivity contribution in [1.29, 1.82) is 0 Å². The monoisotopic (exact) mass is 527 g/mol. The van der Waals surface area contributed by atoms with Gasteiger partial charge >= 0.3 is 5.69 Å². The lowest BCUT2D eigenvalue weighted by Gasteiger charge is -2.15. The quantitative estimate of drug-likeness (QED) is 0.361. The summed E-state index contributed by atoms with van der Waals surface area (Å²) in [5.74, 6) is 0.752. The smallest absolute Gasteiger partial charge is 0.349 e. The van der Waals surface area contributed by atoms with E-state index in [1.54, 1.807) is 30.3 Å². The maximum absolute atomic E-state index is 12.7. The first-order valence-electron chi connectivity index (χ1n) is 9.92. The van der Waals surface area contributed by atoms with E-state index in [0.717, 1.165) is 15.8 Å². The van der Waals surface area contributed by atoms with Crippen LogP contribution in [0.25, 0.3) is 10.9 Å². The number of hydrogen-bond acceptors (Lipinski definition) is 5. The normalized spacial score (nSPS) is 11.3. The fraction of sp³-hybridized carbons (Fsp3) is 0.125. The van der Waals surface area contributed by atoms with Crippen molar-refractivity contribution in [2.24, 2.45) is 5.10 Å². The molecule has 33 heavy (non-hydrogen) atoms. The Morgan fingerprint density at radius 1 is 1.15 bits per heavy atom. The van der Waals surface area contributed by atoms with Crippen molar-refractivity contribution in [1.82, 2.24) is 9.66 Å². The largest absolute Gasteiger partial charge is 0.493 e. The number of benzene rings is 3. The standard InChI is InChI=1S/C24H19BrClN3O4/c1-14-6-5-7-15(10-14)13-33-22-19(32-2)11-16(20(25)21(22)26)12-27-29-23(30)17-8-3-4-9-18(17)28-24(29)31/h3-12H,13H2,1-2H3,(H,28,31). The van der Waals surface area contributed by atoms with Crippen LogP contribution in [-0.4, -0.2) is 23.0 Å². The van der Waals surface area contributed by atoms with Gasteiger partial charge < -0.3 is 14.5 Å². The number of methoxy groups -OCH3 is 1. The summed E-state index contributed by atoms with van der Waals surface area (Å²) >= 11 is 10.0. The van der Waals surface area contributed by atoms with Crippen molar-refractivity contribution >= 4 is 44.6 Å². The minimum Gasteiger partial charge on any atom is -0.493 e. The van der Waals surface area contributed by atoms with Gasteiger partial charge in [0.05, 0.1) is 24.2 Å². The van der Waals surface area contributed by atoms with Crippen LogP contribution in [0.2, 0.25) is 5.02 Å². The zero-order chi connectivity index (χ0) is 23.5. The highest BCUT2D eigenvalue weighted by Crippen LogP contribution is 2.42. The van der Waals surface area contributed by atoms with E-state index in [4.69, 9.17) is 21.1 Å². The number of H-pyrrole nitrogens is 1. The first kappa shape index (κ1) is 22.8. The van der Waals surface area contributed by atoms with Gasteiger partial charge in [0.2, 0.25) is 0 Å². The van der Waals surface area contributed by atoms with E-state index in [1.165, 1.54) is 13.3 Å². The van der Waals surface area contributed by atoms with Crippen LogP contribution < -0.4 is 20.7 Å². The summed E-state index contributed by atoms with van der Waals surface area (Å²) in [5, 5.41) is 4.72. The molecule has 1 N–H and O–H groups in total. The highest BCUT2D eigenvalue weighted by atomic mass is 79.9. The molecule has 0 spiro atoms. The third-order valence-electron chi connectivity index (χ3n) is 4.94. The number of hydrogen-bond donors (Lipinski definition) is 1. The van der Waals surface area contributed by atoms with Gasteiger partial charge in [0.1, 0.15) is 11.6 Å². The lowest BCUT2D eigenvalue weighted by atomic mass is 10.1. The Bertz CT molecular complexity index is 1490. The third-order valence-corrected chi connectivity index (χ3v) is 6.38. The number of fused-ring (bicyclic) bond motifs is 1. The number of para-hydroxylation sites is 1. The zero-order valence-corrected chi connectivity index (χ0v) is 20.1. The van der Waals surface area contributed by atoms with E-state index in [0.29, 0.717) is 39.0 Å². The predicted molar refractivity (Wildman–Crippen MR) is 133 cm³/mol. The molecule has 0 aliphatic carbocycles. The van der Waals surface area contributed by atoms with E-state index in [1.807, 2.05) is 31.2 Å². The molecule has 168 valence electrons. The van der Waals surface area contributed by atoms with Gasteiger partial charge in [0.25, 0.3) is 5.56 Å². The van der Waals surface area contributed by atoms with Gasteiger partial charge in [-0.2, -0.15) is 5.10 Å². The van der Waals surface area contributed by atoms with E-state index in [9.17, 15) is 9.59 Å². The molecule has 1 aromatic heterocycles. The van der Waals surface area contributed by atoms with Gasteiger partial charge in [0.15, 0.2) is 11.5 Å². The van der Waals surface area contributed by atoms with E-state index in [-0.39, 0.29) is 5.02 Å². The molecule has 0 radical (unpaired) electrons. The number of nitrogens with zero attached hydrogens (tertiary/aromatic N) is 2. The van der Waals surface area contributed by atoms with E-state index in [2.05, 4.69) is 26.0 Å². The molecule has 3 aromatic carbocycles. The summed E-state index contributed by atoms with van der Waals surface area (Å²) in [6.45, 7) is 2.31. The maximum atomic E-state index is 12.7. The number of ether oxygens (including phenoxy) is 2. The SMILES string of the molecule is COc1cc(C=Nn2c(=O)[nH]c3ccccc3c2=O)c(Br)c(Cl)c1OCc1cccc(C)c1. The van der Waals surface area contributed by atoms with E-state index >= 15 is 0 Å². The van der Waals surface area contributed by atoms with Crippen molar-refractivity contribution in [2.75, 3.05) is 7.11 Å². The second kappa shape index (κ2) is 9.64. The molecule has 0 unspecified atom stereocenters. The van der Waals surface area contributed by atoms with Crippen LogP contribution in [-0.2, 0) is 6.61 Å². The second-order valence-corrected chi connectivity index (χ2v) is 8.41. The first-order valence-corrected chi connectivity index (χ1v) is 11.1. The lowest BCUT2D eigenvalue weighted by molar-refractivity contribution is 0.284. The summed E-state index contributed by atoms with van der Waals surface area (Å²) in [6, 6.07) is 16.3. The Balaban J connectivity index is 1.69. The molecule has 0 aliphatic rings. The van der Waals surface area contributed by atoms with Crippen LogP contribution in [0, 0.1) is 6.92 Å². The van der Waals surface area contributed by atoms with Gasteiger partial charge in [-0.1, -0.05) is 53.6 Å². The molecule has 7 nitrogen and oxygen atoms in total. The van der Waals surface area contributed by atoms with Gasteiger partial charge in [0, 0.05) is 10.0 Å². The molecule has 0 bridgehead atoms. The van der Waals surface area contributed by atoms with Crippen LogP contribution in [0.15, 0.2) is 73.8 Å². The van der Waals surface area contributed by atoms with Crippen molar-refractivity contribution in [3.8, 4) is 11.5 Å². The fourth-order valence-electron chi connectivity index (χ4n) is 3.32. The summed E-state index contributed by atoms with van der Waals surface area (Å²) in [7, 11) is 1.50. The molecule has 1 heterocycles. The summed E-state index contributed by atoms with van der Waals surface area (Å²) in [5.41, 5.74) is 1.88. The van der Waals surface area contributed by atoms with Crippen LogP contribution in [0.5, 0.6) is 11.5 Å². The van der Waals surface area contributed by atoms with Gasteiger partial charge in [-0.25, -0.2) is 4.79 Å². The molecule has 0 fully saturated rings. The molecule has 0 atom stereocenters. The molecular formula is C24H19BrClN3O4. The minimum atomic E-state index is -0.651. The Kier molecular flexibility index (Phi) is 6.67. The molecule has 0 aliphatic heterocycles. The first-order chi connectivity index (χ1) is 15.9. The Morgan fingerprint density at radius 2 is 1.94 bits per heavy atom. The van der Waals surface area contributed by atoms with Crippen molar-refractivity contribution < 1.29 is 9.47 Å². The molecule has 4 aromatic rings. The van der Waals surface area contributed by atoms with Crippen LogP contribution in [0.1, 0.15) is 16.7 Å². The van der Waals surface area contributed by atoms with Crippen molar-refractivity contribution in [3.05, 3.63) is 102 Å². The molecule has 4 rings (SSSR count). The van der Waals surface area contributed by atoms with E-state index < -0.39 is 11.2 Å². The molecule has 0 saturated carbocycles. The number of halogens is 2. The molecule has 9 heteroatoms. The Hall–Kier alpha value is -3.36. The minimum absolute atomic E-state index is 0.281. The average Bonchev–Trinajstić information content (AvgIpc) is 2.80. The van der Waals surface area contributed by atoms with Gasteiger partial charge in [-0.15, -0.1) is 4.68 Å². The van der Waals surface area contributed by atoms with Crippen LogP contribution in [0.3, 0.4) is 0 Å². The second-order valence-electron chi connectivity index (χ2n) is 7.24. The summed E-state index contributed by atoms with van der Waals surface area (Å²) in [6.07, 6.45) is 1.36. The van der Waals surface area contributed by atoms with Crippen molar-refractivity contribution in [2.45, 2.75) is 13.5 Å². The van der Waals surface area contributed by atoms with Gasteiger partial charge in [-0.3, -0.25) is 4.79 Å². The fourth-order valence-corrected chi connectivity index (χ4v) is 3.97. The van der Waals surface area contributed by atoms with Crippen LogP contribution >= 0.6 is 27.5 Å². The number of nitrogens with one attached hydrogen (secondary N) is 1. The highest BCUT2D eigenvalue weighted by molar-refractivity contribution is 9.10. The lowest BCUT2D eigenvalue weighted by Crippen LogP contribution is -2.32. The Labute approximate surface area is 202 Å². The number of aryl methyl sites for hydroxylation is 1. The van der Waals surface area contributed by atoms with Crippen molar-refractivity contribution in [3.63, 3.8) is 0 Å². The Morgan fingerprint density at radius 3 is 2.70 bits per heavy atom. The molecule has 0 saturated heterocycles. The topological polar surface area (TPSA) is 85.7 Å². The third kappa shape index (κ3) is 4.72. The number of rotatable bonds is 6. The predicted octanol–water partition coefficient (Wildman–Crippen LogP) is 4.88. The zero-order valence-electron chi connectivity index (χ0n) is 17.8. The molecular weight excluding hydrogens is 510 g/mol. The summed E-state index contributed by atoms with van der Waals surface area (Å²) < 4.78 is 12.7. The molecule has 0 amide bonds.